The Labute approximate surface area is 140 Å². The summed E-state index contributed by atoms with van der Waals surface area (Å²) in [7, 11) is -3.65. The lowest BCUT2D eigenvalue weighted by molar-refractivity contribution is 0.109. The highest BCUT2D eigenvalue weighted by Gasteiger charge is 2.30. The average Bonchev–Trinajstić information content (AvgIpc) is 2.88. The van der Waals surface area contributed by atoms with Gasteiger partial charge in [0.15, 0.2) is 11.5 Å². The summed E-state index contributed by atoms with van der Waals surface area (Å²) < 4.78 is 42.5. The van der Waals surface area contributed by atoms with E-state index in [4.69, 9.17) is 14.2 Å². The van der Waals surface area contributed by atoms with Crippen molar-refractivity contribution in [2.75, 3.05) is 39.6 Å². The van der Waals surface area contributed by atoms with Gasteiger partial charge < -0.3 is 19.1 Å². The van der Waals surface area contributed by atoms with Crippen molar-refractivity contribution in [1.82, 2.24) is 9.21 Å². The van der Waals surface area contributed by atoms with E-state index < -0.39 is 16.1 Å². The molecule has 0 radical (unpaired) electrons. The second-order valence-corrected chi connectivity index (χ2v) is 7.40. The molecule has 3 rings (SSSR count). The minimum absolute atomic E-state index is 0.0943. The van der Waals surface area contributed by atoms with Gasteiger partial charge in [-0.2, -0.15) is 4.31 Å². The number of carbonyl (C=O) groups is 1. The third-order valence-corrected chi connectivity index (χ3v) is 5.86. The molecule has 0 atom stereocenters. The first kappa shape index (κ1) is 16.8. The normalized spacial score (nSPS) is 18.3. The lowest BCUT2D eigenvalue weighted by atomic mass is 10.3. The van der Waals surface area contributed by atoms with Crippen molar-refractivity contribution >= 4 is 16.1 Å². The minimum Gasteiger partial charge on any atom is -0.454 e. The first-order valence-corrected chi connectivity index (χ1v) is 9.28. The molecular formula is C15H20N2O6S. The van der Waals surface area contributed by atoms with Crippen LogP contribution in [0.25, 0.3) is 0 Å². The van der Waals surface area contributed by atoms with Gasteiger partial charge in [0.25, 0.3) is 0 Å². The van der Waals surface area contributed by atoms with Gasteiger partial charge in [-0.15, -0.1) is 0 Å². The van der Waals surface area contributed by atoms with Crippen LogP contribution in [-0.4, -0.2) is 63.3 Å². The Morgan fingerprint density at radius 1 is 1.17 bits per heavy atom. The van der Waals surface area contributed by atoms with Crippen molar-refractivity contribution in [1.29, 1.82) is 0 Å². The third kappa shape index (κ3) is 3.27. The van der Waals surface area contributed by atoms with Gasteiger partial charge in [-0.25, -0.2) is 13.2 Å². The lowest BCUT2D eigenvalue weighted by Gasteiger charge is -2.21. The number of carbonyl (C=O) groups excluding carboxylic acids is 1. The summed E-state index contributed by atoms with van der Waals surface area (Å²) in [6.45, 7) is 3.51. The zero-order valence-corrected chi connectivity index (χ0v) is 14.3. The fourth-order valence-electron chi connectivity index (χ4n) is 2.72. The predicted octanol–water partition coefficient (Wildman–Crippen LogP) is 1.27. The highest BCUT2D eigenvalue weighted by atomic mass is 32.2. The van der Waals surface area contributed by atoms with Crippen LogP contribution >= 0.6 is 0 Å². The topological polar surface area (TPSA) is 85.4 Å². The van der Waals surface area contributed by atoms with Crippen LogP contribution in [0.3, 0.4) is 0 Å². The molecule has 0 bridgehead atoms. The van der Waals surface area contributed by atoms with Gasteiger partial charge in [-0.1, -0.05) is 0 Å². The number of rotatable bonds is 3. The minimum atomic E-state index is -3.65. The molecule has 2 heterocycles. The van der Waals surface area contributed by atoms with Gasteiger partial charge in [0.2, 0.25) is 16.8 Å². The summed E-state index contributed by atoms with van der Waals surface area (Å²) in [6.07, 6.45) is 0.155. The van der Waals surface area contributed by atoms with Gasteiger partial charge in [0.05, 0.1) is 11.5 Å². The number of sulfonamides is 1. The molecular weight excluding hydrogens is 336 g/mol. The second-order valence-electron chi connectivity index (χ2n) is 5.46. The number of nitrogens with zero attached hydrogens (tertiary/aromatic N) is 2. The van der Waals surface area contributed by atoms with E-state index in [2.05, 4.69) is 0 Å². The molecule has 1 aromatic carbocycles. The zero-order chi connectivity index (χ0) is 17.2. The van der Waals surface area contributed by atoms with Gasteiger partial charge in [-0.05, 0) is 25.5 Å². The number of benzene rings is 1. The van der Waals surface area contributed by atoms with Crippen molar-refractivity contribution < 1.29 is 27.4 Å². The number of hydrogen-bond donors (Lipinski definition) is 0. The highest BCUT2D eigenvalue weighted by Crippen LogP contribution is 2.34. The van der Waals surface area contributed by atoms with Crippen LogP contribution in [0.1, 0.15) is 13.3 Å². The maximum atomic E-state index is 12.8. The predicted molar refractivity (Wildman–Crippen MR) is 84.5 cm³/mol. The highest BCUT2D eigenvalue weighted by molar-refractivity contribution is 7.89. The molecule has 8 nitrogen and oxygen atoms in total. The molecule has 0 aliphatic carbocycles. The Morgan fingerprint density at radius 3 is 2.75 bits per heavy atom. The van der Waals surface area contributed by atoms with E-state index in [9.17, 15) is 13.2 Å². The van der Waals surface area contributed by atoms with Crippen LogP contribution in [0.2, 0.25) is 0 Å². The number of ether oxygens (including phenoxy) is 3. The van der Waals surface area contributed by atoms with Crippen LogP contribution < -0.4 is 9.47 Å². The summed E-state index contributed by atoms with van der Waals surface area (Å²) in [5, 5.41) is 0. The molecule has 0 aromatic heterocycles. The summed E-state index contributed by atoms with van der Waals surface area (Å²) in [4.78, 5) is 13.5. The molecule has 2 aliphatic heterocycles. The number of hydrogen-bond acceptors (Lipinski definition) is 6. The summed E-state index contributed by atoms with van der Waals surface area (Å²) >= 11 is 0. The summed E-state index contributed by atoms with van der Waals surface area (Å²) in [6, 6.07) is 4.58. The van der Waals surface area contributed by atoms with E-state index in [0.29, 0.717) is 44.2 Å². The average molecular weight is 356 g/mol. The Morgan fingerprint density at radius 2 is 1.96 bits per heavy atom. The van der Waals surface area contributed by atoms with Crippen molar-refractivity contribution in [3.8, 4) is 11.5 Å². The molecule has 1 amide bonds. The molecule has 1 aromatic rings. The van der Waals surface area contributed by atoms with Crippen LogP contribution in [-0.2, 0) is 14.8 Å². The number of fused-ring (bicyclic) bond motifs is 1. The molecule has 2 aliphatic rings. The van der Waals surface area contributed by atoms with Crippen LogP contribution in [0, 0.1) is 0 Å². The Bertz CT molecular complexity index is 721. The van der Waals surface area contributed by atoms with Gasteiger partial charge >= 0.3 is 6.09 Å². The van der Waals surface area contributed by atoms with E-state index in [0.717, 1.165) is 0 Å². The second kappa shape index (κ2) is 6.86. The van der Waals surface area contributed by atoms with Gasteiger partial charge in [-0.3, -0.25) is 0 Å². The first-order chi connectivity index (χ1) is 11.5. The lowest BCUT2D eigenvalue weighted by Crippen LogP contribution is -2.37. The fourth-order valence-corrected chi connectivity index (χ4v) is 4.20. The standard InChI is InChI=1S/C15H20N2O6S/c1-2-21-15(18)16-6-3-7-17(9-8-16)24(19,20)12-4-5-13-14(10-12)23-11-22-13/h4-5,10H,2-3,6-9,11H2,1H3. The van der Waals surface area contributed by atoms with Crippen LogP contribution in [0.15, 0.2) is 23.1 Å². The molecule has 0 saturated carbocycles. The summed E-state index contributed by atoms with van der Waals surface area (Å²) in [5.41, 5.74) is 0. The molecule has 0 spiro atoms. The van der Waals surface area contributed by atoms with E-state index in [-0.39, 0.29) is 18.2 Å². The zero-order valence-electron chi connectivity index (χ0n) is 13.4. The molecule has 0 unspecified atom stereocenters. The molecule has 1 fully saturated rings. The Kier molecular flexibility index (Phi) is 4.81. The Balaban J connectivity index is 1.74. The fraction of sp³-hybridized carbons (Fsp3) is 0.533. The van der Waals surface area contributed by atoms with Crippen molar-refractivity contribution in [2.24, 2.45) is 0 Å². The van der Waals surface area contributed by atoms with Crippen LogP contribution in [0.4, 0.5) is 4.79 Å². The largest absolute Gasteiger partial charge is 0.454 e. The Hall–Kier alpha value is -2.00. The van der Waals surface area contributed by atoms with E-state index in [1.54, 1.807) is 17.9 Å². The van der Waals surface area contributed by atoms with Crippen LogP contribution in [0.5, 0.6) is 11.5 Å². The molecule has 0 N–H and O–H groups in total. The molecule has 9 heteroatoms. The van der Waals surface area contributed by atoms with E-state index in [1.807, 2.05) is 0 Å². The maximum absolute atomic E-state index is 12.8. The van der Waals surface area contributed by atoms with Crippen molar-refractivity contribution in [3.63, 3.8) is 0 Å². The smallest absolute Gasteiger partial charge is 0.409 e. The monoisotopic (exact) mass is 356 g/mol. The number of amides is 1. The summed E-state index contributed by atoms with van der Waals surface area (Å²) in [5.74, 6) is 0.970. The SMILES string of the molecule is CCOC(=O)N1CCCN(S(=O)(=O)c2ccc3c(c2)OCO3)CC1. The molecule has 132 valence electrons. The van der Waals surface area contributed by atoms with Crippen molar-refractivity contribution in [2.45, 2.75) is 18.2 Å². The molecule has 1 saturated heterocycles. The van der Waals surface area contributed by atoms with E-state index >= 15 is 0 Å². The quantitative estimate of drug-likeness (QED) is 0.811. The van der Waals surface area contributed by atoms with E-state index in [1.165, 1.54) is 16.4 Å². The maximum Gasteiger partial charge on any atom is 0.409 e. The first-order valence-electron chi connectivity index (χ1n) is 7.84. The van der Waals surface area contributed by atoms with Gasteiger partial charge in [0, 0.05) is 32.2 Å². The molecule has 24 heavy (non-hydrogen) atoms. The third-order valence-electron chi connectivity index (χ3n) is 3.96. The van der Waals surface area contributed by atoms with Gasteiger partial charge in [0.1, 0.15) is 0 Å². The van der Waals surface area contributed by atoms with Crippen molar-refractivity contribution in [3.05, 3.63) is 18.2 Å².